The zero-order chi connectivity index (χ0) is 21.6. The molecule has 0 radical (unpaired) electrons. The van der Waals surface area contributed by atoms with Crippen LogP contribution < -0.4 is 0 Å². The lowest BCUT2D eigenvalue weighted by Crippen LogP contribution is -2.20. The number of unbranched alkanes of at least 4 members (excludes halogenated alkanes) is 17. The van der Waals surface area contributed by atoms with Crippen molar-refractivity contribution < 1.29 is 9.53 Å². The molecular formula is C27H54O2. The van der Waals surface area contributed by atoms with Crippen LogP contribution in [0.3, 0.4) is 0 Å². The average molecular weight is 411 g/mol. The molecule has 0 aliphatic rings. The Bertz CT molecular complexity index is 339. The Kier molecular flexibility index (Phi) is 21.8. The number of esters is 1. The number of ether oxygens (including phenoxy) is 1. The van der Waals surface area contributed by atoms with Crippen LogP contribution >= 0.6 is 0 Å². The van der Waals surface area contributed by atoms with Crippen molar-refractivity contribution >= 4 is 5.97 Å². The molecular weight excluding hydrogens is 356 g/mol. The SMILES string of the molecule is CCCCCCCCCCCCCCCCCCCCC(C)OC(=O)C(C)CC. The van der Waals surface area contributed by atoms with E-state index in [1.807, 2.05) is 20.8 Å². The molecule has 0 aromatic heterocycles. The van der Waals surface area contributed by atoms with Gasteiger partial charge >= 0.3 is 5.97 Å². The molecule has 174 valence electrons. The van der Waals surface area contributed by atoms with Gasteiger partial charge in [-0.2, -0.15) is 0 Å². The van der Waals surface area contributed by atoms with Gasteiger partial charge in [-0.25, -0.2) is 0 Å². The van der Waals surface area contributed by atoms with Crippen LogP contribution in [-0.2, 0) is 9.53 Å². The third kappa shape index (κ3) is 20.5. The first-order valence-electron chi connectivity index (χ1n) is 13.3. The maximum absolute atomic E-state index is 11.8. The Labute approximate surface area is 184 Å². The van der Waals surface area contributed by atoms with E-state index >= 15 is 0 Å². The minimum Gasteiger partial charge on any atom is -0.462 e. The van der Waals surface area contributed by atoms with E-state index in [1.165, 1.54) is 116 Å². The molecule has 2 unspecified atom stereocenters. The summed E-state index contributed by atoms with van der Waals surface area (Å²) in [5.41, 5.74) is 0. The van der Waals surface area contributed by atoms with Crippen molar-refractivity contribution in [2.75, 3.05) is 0 Å². The zero-order valence-electron chi connectivity index (χ0n) is 20.6. The van der Waals surface area contributed by atoms with Crippen LogP contribution in [0.15, 0.2) is 0 Å². The molecule has 2 heteroatoms. The summed E-state index contributed by atoms with van der Waals surface area (Å²) in [6, 6.07) is 0. The molecule has 2 atom stereocenters. The van der Waals surface area contributed by atoms with Crippen LogP contribution in [0, 0.1) is 5.92 Å². The van der Waals surface area contributed by atoms with E-state index in [0.717, 1.165) is 12.8 Å². The quantitative estimate of drug-likeness (QED) is 0.131. The smallest absolute Gasteiger partial charge is 0.308 e. The highest BCUT2D eigenvalue weighted by atomic mass is 16.5. The summed E-state index contributed by atoms with van der Waals surface area (Å²) >= 11 is 0. The summed E-state index contributed by atoms with van der Waals surface area (Å²) < 4.78 is 5.50. The lowest BCUT2D eigenvalue weighted by Gasteiger charge is -2.15. The van der Waals surface area contributed by atoms with Crippen LogP contribution in [0.1, 0.15) is 156 Å². The van der Waals surface area contributed by atoms with Gasteiger partial charge in [-0.05, 0) is 26.2 Å². The lowest BCUT2D eigenvalue weighted by molar-refractivity contribution is -0.153. The predicted octanol–water partition coefficient (Wildman–Crippen LogP) is 9.40. The van der Waals surface area contributed by atoms with Crippen molar-refractivity contribution in [1.82, 2.24) is 0 Å². The molecule has 0 saturated carbocycles. The van der Waals surface area contributed by atoms with E-state index < -0.39 is 0 Å². The van der Waals surface area contributed by atoms with E-state index in [0.29, 0.717) is 0 Å². The molecule has 0 saturated heterocycles. The molecule has 0 heterocycles. The molecule has 29 heavy (non-hydrogen) atoms. The van der Waals surface area contributed by atoms with Gasteiger partial charge < -0.3 is 4.74 Å². The molecule has 0 rings (SSSR count). The first kappa shape index (κ1) is 28.5. The van der Waals surface area contributed by atoms with E-state index in [-0.39, 0.29) is 18.0 Å². The molecule has 0 amide bonds. The largest absolute Gasteiger partial charge is 0.462 e. The van der Waals surface area contributed by atoms with Gasteiger partial charge in [0.2, 0.25) is 0 Å². The maximum Gasteiger partial charge on any atom is 0.308 e. The predicted molar refractivity (Wildman–Crippen MR) is 128 cm³/mol. The topological polar surface area (TPSA) is 26.3 Å². The van der Waals surface area contributed by atoms with Gasteiger partial charge in [-0.1, -0.05) is 130 Å². The molecule has 0 bridgehead atoms. The minimum absolute atomic E-state index is 0.0255. The molecule has 0 spiro atoms. The molecule has 0 fully saturated rings. The summed E-state index contributed by atoms with van der Waals surface area (Å²) in [6.45, 7) is 8.31. The fourth-order valence-corrected chi connectivity index (χ4v) is 3.87. The van der Waals surface area contributed by atoms with Crippen LogP contribution in [0.5, 0.6) is 0 Å². The Morgan fingerprint density at radius 2 is 0.931 bits per heavy atom. The fourth-order valence-electron chi connectivity index (χ4n) is 3.87. The third-order valence-corrected chi connectivity index (χ3v) is 6.30. The zero-order valence-corrected chi connectivity index (χ0v) is 20.6. The fraction of sp³-hybridized carbons (Fsp3) is 0.963. The van der Waals surface area contributed by atoms with Gasteiger partial charge in [0.1, 0.15) is 0 Å². The van der Waals surface area contributed by atoms with Crippen LogP contribution in [-0.4, -0.2) is 12.1 Å². The lowest BCUT2D eigenvalue weighted by atomic mass is 10.0. The number of carbonyl (C=O) groups is 1. The van der Waals surface area contributed by atoms with E-state index in [2.05, 4.69) is 6.92 Å². The highest BCUT2D eigenvalue weighted by molar-refractivity contribution is 5.72. The van der Waals surface area contributed by atoms with Crippen LogP contribution in [0.2, 0.25) is 0 Å². The molecule has 0 aliphatic heterocycles. The van der Waals surface area contributed by atoms with Crippen LogP contribution in [0.4, 0.5) is 0 Å². The van der Waals surface area contributed by atoms with E-state index in [4.69, 9.17) is 4.74 Å². The van der Waals surface area contributed by atoms with Crippen molar-refractivity contribution in [3.8, 4) is 0 Å². The Morgan fingerprint density at radius 1 is 0.586 bits per heavy atom. The second-order valence-electron chi connectivity index (χ2n) is 9.36. The average Bonchev–Trinajstić information content (AvgIpc) is 2.72. The summed E-state index contributed by atoms with van der Waals surface area (Å²) in [5, 5.41) is 0. The highest BCUT2D eigenvalue weighted by Gasteiger charge is 2.15. The van der Waals surface area contributed by atoms with E-state index in [9.17, 15) is 4.79 Å². The normalized spacial score (nSPS) is 13.4. The van der Waals surface area contributed by atoms with Gasteiger partial charge in [0, 0.05) is 0 Å². The Morgan fingerprint density at radius 3 is 1.28 bits per heavy atom. The summed E-state index contributed by atoms with van der Waals surface area (Å²) in [6.07, 6.45) is 27.3. The van der Waals surface area contributed by atoms with Gasteiger partial charge in [-0.3, -0.25) is 4.79 Å². The van der Waals surface area contributed by atoms with Gasteiger partial charge in [0.25, 0.3) is 0 Å². The molecule has 0 aromatic carbocycles. The molecule has 2 nitrogen and oxygen atoms in total. The monoisotopic (exact) mass is 410 g/mol. The standard InChI is InChI=1S/C27H54O2/c1-5-7-8-9-10-11-12-13-14-15-16-17-18-19-20-21-22-23-24-26(4)29-27(28)25(3)6-2/h25-26H,5-24H2,1-4H3. The number of rotatable bonds is 22. The summed E-state index contributed by atoms with van der Waals surface area (Å²) in [4.78, 5) is 11.8. The molecule has 0 aliphatic carbocycles. The Hall–Kier alpha value is -0.530. The van der Waals surface area contributed by atoms with Crippen molar-refractivity contribution in [2.45, 2.75) is 162 Å². The maximum atomic E-state index is 11.8. The Balaban J connectivity index is 3.19. The third-order valence-electron chi connectivity index (χ3n) is 6.30. The second kappa shape index (κ2) is 22.2. The number of carbonyl (C=O) groups excluding carboxylic acids is 1. The molecule has 0 N–H and O–H groups in total. The van der Waals surface area contributed by atoms with Gasteiger partial charge in [-0.15, -0.1) is 0 Å². The van der Waals surface area contributed by atoms with Gasteiger partial charge in [0.15, 0.2) is 0 Å². The van der Waals surface area contributed by atoms with Crippen LogP contribution in [0.25, 0.3) is 0 Å². The molecule has 0 aromatic rings. The van der Waals surface area contributed by atoms with Crippen molar-refractivity contribution in [3.05, 3.63) is 0 Å². The first-order chi connectivity index (χ1) is 14.1. The second-order valence-corrected chi connectivity index (χ2v) is 9.36. The van der Waals surface area contributed by atoms with Gasteiger partial charge in [0.05, 0.1) is 12.0 Å². The highest BCUT2D eigenvalue weighted by Crippen LogP contribution is 2.15. The van der Waals surface area contributed by atoms with Crippen molar-refractivity contribution in [3.63, 3.8) is 0 Å². The number of hydrogen-bond donors (Lipinski definition) is 0. The number of hydrogen-bond acceptors (Lipinski definition) is 2. The van der Waals surface area contributed by atoms with E-state index in [1.54, 1.807) is 0 Å². The summed E-state index contributed by atoms with van der Waals surface area (Å²) in [5.74, 6) is 0.0141. The first-order valence-corrected chi connectivity index (χ1v) is 13.3. The minimum atomic E-state index is -0.0255. The van der Waals surface area contributed by atoms with Crippen molar-refractivity contribution in [1.29, 1.82) is 0 Å². The van der Waals surface area contributed by atoms with Crippen molar-refractivity contribution in [2.24, 2.45) is 5.92 Å². The summed E-state index contributed by atoms with van der Waals surface area (Å²) in [7, 11) is 0.